The summed E-state index contributed by atoms with van der Waals surface area (Å²) in [5, 5.41) is 4.20. The summed E-state index contributed by atoms with van der Waals surface area (Å²) in [5.41, 5.74) is 1.49. The van der Waals surface area contributed by atoms with E-state index in [1.807, 2.05) is 31.2 Å². The smallest absolute Gasteiger partial charge is 0.255 e. The van der Waals surface area contributed by atoms with Gasteiger partial charge in [0, 0.05) is 24.5 Å². The fourth-order valence-electron chi connectivity index (χ4n) is 4.06. The number of aryl methyl sites for hydroxylation is 1. The molecule has 2 bridgehead atoms. The number of hydrogen-bond donors (Lipinski definition) is 1. The summed E-state index contributed by atoms with van der Waals surface area (Å²) in [4.78, 5) is 15.3. The van der Waals surface area contributed by atoms with Crippen LogP contribution in [0.15, 0.2) is 28.7 Å². The second-order valence-corrected chi connectivity index (χ2v) is 6.60. The van der Waals surface area contributed by atoms with Crippen molar-refractivity contribution in [3.05, 3.63) is 35.6 Å². The van der Waals surface area contributed by atoms with Crippen LogP contribution in [0.25, 0.3) is 11.0 Å². The zero-order chi connectivity index (χ0) is 15.1. The van der Waals surface area contributed by atoms with Gasteiger partial charge in [0.1, 0.15) is 11.3 Å². The van der Waals surface area contributed by atoms with Crippen LogP contribution >= 0.6 is 0 Å². The van der Waals surface area contributed by atoms with E-state index in [0.29, 0.717) is 23.3 Å². The Labute approximate surface area is 130 Å². The molecule has 0 radical (unpaired) electrons. The lowest BCUT2D eigenvalue weighted by Gasteiger charge is -2.42. The minimum Gasteiger partial charge on any atom is -0.461 e. The van der Waals surface area contributed by atoms with Crippen LogP contribution in [-0.2, 0) is 0 Å². The van der Waals surface area contributed by atoms with Gasteiger partial charge in [0.2, 0.25) is 0 Å². The van der Waals surface area contributed by atoms with Crippen molar-refractivity contribution >= 4 is 16.9 Å². The van der Waals surface area contributed by atoms with Crippen LogP contribution in [0.1, 0.15) is 35.4 Å². The molecular weight excluding hydrogens is 276 g/mol. The minimum absolute atomic E-state index is 0.0199. The summed E-state index contributed by atoms with van der Waals surface area (Å²) in [7, 11) is 0. The maximum Gasteiger partial charge on any atom is 0.255 e. The van der Waals surface area contributed by atoms with E-state index in [-0.39, 0.29) is 5.91 Å². The fourth-order valence-corrected chi connectivity index (χ4v) is 4.06. The molecule has 2 aliphatic heterocycles. The van der Waals surface area contributed by atoms with E-state index in [9.17, 15) is 4.79 Å². The van der Waals surface area contributed by atoms with Gasteiger partial charge in [0.25, 0.3) is 5.91 Å². The number of carbonyl (C=O) groups excluding carboxylic acids is 1. The largest absolute Gasteiger partial charge is 0.461 e. The Balaban J connectivity index is 1.57. The number of amides is 1. The van der Waals surface area contributed by atoms with Crippen LogP contribution in [-0.4, -0.2) is 36.5 Å². The molecule has 4 heteroatoms. The number of furan rings is 1. The number of nitrogens with zero attached hydrogens (tertiary/aromatic N) is 1. The van der Waals surface area contributed by atoms with Crippen molar-refractivity contribution in [2.75, 3.05) is 19.6 Å². The Morgan fingerprint density at radius 2 is 2.14 bits per heavy atom. The Hall–Kier alpha value is -1.81. The van der Waals surface area contributed by atoms with Crippen LogP contribution in [0.4, 0.5) is 0 Å². The van der Waals surface area contributed by atoms with Gasteiger partial charge in [-0.1, -0.05) is 18.2 Å². The third-order valence-electron chi connectivity index (χ3n) is 5.18. The maximum atomic E-state index is 12.8. The van der Waals surface area contributed by atoms with Gasteiger partial charge in [-0.2, -0.15) is 0 Å². The predicted molar refractivity (Wildman–Crippen MR) is 86.0 cm³/mol. The summed E-state index contributed by atoms with van der Waals surface area (Å²) in [6.45, 7) is 5.34. The fraction of sp³-hybridized carbons (Fsp3) is 0.500. The molecule has 0 spiro atoms. The average molecular weight is 298 g/mol. The number of carbonyl (C=O) groups is 1. The first-order valence-corrected chi connectivity index (χ1v) is 8.24. The van der Waals surface area contributed by atoms with E-state index in [1.165, 1.54) is 19.4 Å². The average Bonchev–Trinajstić information content (AvgIpc) is 2.86. The van der Waals surface area contributed by atoms with Crippen LogP contribution in [0, 0.1) is 12.8 Å². The normalized spacial score (nSPS) is 27.8. The van der Waals surface area contributed by atoms with Gasteiger partial charge in [0.05, 0.1) is 5.56 Å². The van der Waals surface area contributed by atoms with E-state index >= 15 is 0 Å². The van der Waals surface area contributed by atoms with E-state index in [4.69, 9.17) is 4.42 Å². The highest BCUT2D eigenvalue weighted by Gasteiger charge is 2.33. The highest BCUT2D eigenvalue weighted by atomic mass is 16.3. The zero-order valence-corrected chi connectivity index (χ0v) is 13.0. The Kier molecular flexibility index (Phi) is 3.41. The Morgan fingerprint density at radius 3 is 3.05 bits per heavy atom. The van der Waals surface area contributed by atoms with Gasteiger partial charge in [-0.3, -0.25) is 4.79 Å². The number of para-hydroxylation sites is 1. The third-order valence-corrected chi connectivity index (χ3v) is 5.18. The van der Waals surface area contributed by atoms with Crippen molar-refractivity contribution < 1.29 is 9.21 Å². The van der Waals surface area contributed by atoms with Crippen LogP contribution < -0.4 is 5.32 Å². The number of hydrogen-bond acceptors (Lipinski definition) is 3. The minimum atomic E-state index is 0.0199. The van der Waals surface area contributed by atoms with Gasteiger partial charge in [-0.25, -0.2) is 0 Å². The van der Waals surface area contributed by atoms with Crippen molar-refractivity contribution in [2.45, 2.75) is 32.2 Å². The van der Waals surface area contributed by atoms with Gasteiger partial charge >= 0.3 is 0 Å². The molecule has 4 rings (SSSR count). The molecule has 0 saturated carbocycles. The second-order valence-electron chi connectivity index (χ2n) is 6.60. The lowest BCUT2D eigenvalue weighted by Crippen LogP contribution is -2.53. The van der Waals surface area contributed by atoms with Gasteiger partial charge in [-0.05, 0) is 44.7 Å². The molecule has 3 atom stereocenters. The molecule has 116 valence electrons. The molecule has 3 heterocycles. The standard InChI is InChI=1S/C18H22N2O2/c1-12-17(14-6-2-3-7-16(14)22-12)18(21)19-15-8-10-20-9-4-5-13(15)11-20/h2-3,6-7,13,15H,4-5,8-11H2,1H3,(H,19,21). The maximum absolute atomic E-state index is 12.8. The summed E-state index contributed by atoms with van der Waals surface area (Å²) < 4.78 is 5.72. The van der Waals surface area contributed by atoms with E-state index in [1.54, 1.807) is 0 Å². The Morgan fingerprint density at radius 1 is 1.27 bits per heavy atom. The van der Waals surface area contributed by atoms with Crippen molar-refractivity contribution in [3.63, 3.8) is 0 Å². The second kappa shape index (κ2) is 5.43. The van der Waals surface area contributed by atoms with Crippen molar-refractivity contribution in [1.82, 2.24) is 10.2 Å². The SMILES string of the molecule is Cc1oc2ccccc2c1C(=O)NC1CCN2CCCC1C2. The van der Waals surface area contributed by atoms with Crippen LogP contribution in [0.3, 0.4) is 0 Å². The van der Waals surface area contributed by atoms with E-state index < -0.39 is 0 Å². The molecule has 1 amide bonds. The number of nitrogens with one attached hydrogen (secondary N) is 1. The highest BCUT2D eigenvalue weighted by molar-refractivity contribution is 6.07. The van der Waals surface area contributed by atoms with Crippen molar-refractivity contribution in [3.8, 4) is 0 Å². The molecule has 1 N–H and O–H groups in total. The number of fused-ring (bicyclic) bond motifs is 3. The molecule has 2 fully saturated rings. The molecular formula is C18H22N2O2. The van der Waals surface area contributed by atoms with Crippen molar-refractivity contribution in [1.29, 1.82) is 0 Å². The number of piperidine rings is 2. The van der Waals surface area contributed by atoms with Crippen LogP contribution in [0.2, 0.25) is 0 Å². The number of benzene rings is 1. The highest BCUT2D eigenvalue weighted by Crippen LogP contribution is 2.29. The molecule has 1 aromatic heterocycles. The van der Waals surface area contributed by atoms with Crippen molar-refractivity contribution in [2.24, 2.45) is 5.92 Å². The first-order valence-electron chi connectivity index (χ1n) is 8.24. The van der Waals surface area contributed by atoms with Crippen LogP contribution in [0.5, 0.6) is 0 Å². The van der Waals surface area contributed by atoms with Gasteiger partial charge in [-0.15, -0.1) is 0 Å². The summed E-state index contributed by atoms with van der Waals surface area (Å²) in [5.74, 6) is 1.33. The zero-order valence-electron chi connectivity index (χ0n) is 13.0. The Bertz CT molecular complexity index is 706. The monoisotopic (exact) mass is 298 g/mol. The molecule has 22 heavy (non-hydrogen) atoms. The lowest BCUT2D eigenvalue weighted by molar-refractivity contribution is 0.0739. The quantitative estimate of drug-likeness (QED) is 0.927. The van der Waals surface area contributed by atoms with E-state index in [0.717, 1.165) is 30.5 Å². The van der Waals surface area contributed by atoms with E-state index in [2.05, 4.69) is 10.2 Å². The topological polar surface area (TPSA) is 45.5 Å². The van der Waals surface area contributed by atoms with Gasteiger partial charge < -0.3 is 14.6 Å². The summed E-state index contributed by atoms with van der Waals surface area (Å²) >= 11 is 0. The first kappa shape index (κ1) is 13.8. The molecule has 3 unspecified atom stereocenters. The molecule has 2 aliphatic rings. The lowest BCUT2D eigenvalue weighted by atomic mass is 9.85. The summed E-state index contributed by atoms with van der Waals surface area (Å²) in [6, 6.07) is 8.07. The van der Waals surface area contributed by atoms with Gasteiger partial charge in [0.15, 0.2) is 0 Å². The molecule has 2 aromatic rings. The molecule has 2 saturated heterocycles. The molecule has 0 aliphatic carbocycles. The third kappa shape index (κ3) is 2.31. The first-order chi connectivity index (χ1) is 10.7. The predicted octanol–water partition coefficient (Wildman–Crippen LogP) is 2.96. The summed E-state index contributed by atoms with van der Waals surface area (Å²) in [6.07, 6.45) is 3.54. The number of rotatable bonds is 2. The molecule has 4 nitrogen and oxygen atoms in total. The molecule has 1 aromatic carbocycles.